The van der Waals surface area contributed by atoms with Crippen molar-refractivity contribution < 1.29 is 44.5 Å². The van der Waals surface area contributed by atoms with Gasteiger partial charge in [0.1, 0.15) is 31.0 Å². The Bertz CT molecular complexity index is 996. The Morgan fingerprint density at radius 2 is 0.891 bits per heavy atom. The second-order valence-corrected chi connectivity index (χ2v) is 19.4. The molecule has 382 valence electrons. The van der Waals surface area contributed by atoms with Crippen molar-refractivity contribution in [2.24, 2.45) is 0 Å². The van der Waals surface area contributed by atoms with Crippen LogP contribution in [-0.2, 0) is 14.2 Å². The van der Waals surface area contributed by atoms with E-state index in [0.717, 1.165) is 38.5 Å². The minimum atomic E-state index is -1.59. The summed E-state index contributed by atoms with van der Waals surface area (Å²) in [4.78, 5) is 11.8. The van der Waals surface area contributed by atoms with E-state index in [0.29, 0.717) is 19.5 Å². The zero-order valence-electron chi connectivity index (χ0n) is 42.0. The number of hydrogen-bond donors (Lipinski definition) is 7. The van der Waals surface area contributed by atoms with Gasteiger partial charge in [-0.05, 0) is 26.3 Å². The summed E-state index contributed by atoms with van der Waals surface area (Å²) in [5.74, 6) is 0. The average molecular weight is 915 g/mol. The Labute approximate surface area is 393 Å². The van der Waals surface area contributed by atoms with Crippen LogP contribution in [0.15, 0.2) is 0 Å². The van der Waals surface area contributed by atoms with Gasteiger partial charge in [-0.15, -0.1) is 0 Å². The summed E-state index contributed by atoms with van der Waals surface area (Å²) in [6, 6.07) is -0.651. The second kappa shape index (κ2) is 44.5. The van der Waals surface area contributed by atoms with Crippen LogP contribution in [-0.4, -0.2) is 107 Å². The first-order chi connectivity index (χ1) is 31.3. The fourth-order valence-electron chi connectivity index (χ4n) is 9.03. The highest BCUT2D eigenvalue weighted by molar-refractivity contribution is 5.66. The molecule has 3 unspecified atom stereocenters. The maximum absolute atomic E-state index is 11.8. The lowest BCUT2D eigenvalue weighted by Gasteiger charge is -2.40. The molecule has 8 atom stereocenters. The van der Waals surface area contributed by atoms with E-state index in [1.54, 1.807) is 6.92 Å². The summed E-state index contributed by atoms with van der Waals surface area (Å²) in [6.45, 7) is 6.82. The predicted molar refractivity (Wildman–Crippen MR) is 264 cm³/mol. The third kappa shape index (κ3) is 33.4. The predicted octanol–water partition coefficient (Wildman–Crippen LogP) is 11.7. The zero-order valence-corrected chi connectivity index (χ0v) is 42.0. The Hall–Kier alpha value is -1.05. The van der Waals surface area contributed by atoms with Crippen molar-refractivity contribution in [1.29, 1.82) is 0 Å². The van der Waals surface area contributed by atoms with Gasteiger partial charge in [-0.1, -0.05) is 239 Å². The number of amides is 1. The molecule has 1 aliphatic rings. The van der Waals surface area contributed by atoms with Gasteiger partial charge in [-0.2, -0.15) is 0 Å². The molecule has 0 saturated carbocycles. The first-order valence-corrected chi connectivity index (χ1v) is 27.6. The zero-order chi connectivity index (χ0) is 46.7. The van der Waals surface area contributed by atoms with Crippen molar-refractivity contribution in [3.05, 3.63) is 0 Å². The lowest BCUT2D eigenvalue weighted by atomic mass is 9.98. The van der Waals surface area contributed by atoms with Gasteiger partial charge in [0.2, 0.25) is 0 Å². The van der Waals surface area contributed by atoms with E-state index < -0.39 is 55.0 Å². The SMILES string of the molecule is CCCCCCCCCCCCCCCCCCCCCCCCCCNC(CO[C@H]1O[C@H](COC(=O)NCC)[C@H](O)[C@H](O)[C@H]1O)C(O)C(O)CCCCCCCCCCCCCC. The van der Waals surface area contributed by atoms with E-state index in [1.807, 2.05) is 0 Å². The van der Waals surface area contributed by atoms with Crippen molar-refractivity contribution in [2.45, 2.75) is 307 Å². The summed E-state index contributed by atoms with van der Waals surface area (Å²) in [5.41, 5.74) is 0. The van der Waals surface area contributed by atoms with Gasteiger partial charge in [0.05, 0.1) is 24.9 Å². The van der Waals surface area contributed by atoms with Crippen LogP contribution in [0.25, 0.3) is 0 Å². The summed E-state index contributed by atoms with van der Waals surface area (Å²) in [7, 11) is 0. The first-order valence-electron chi connectivity index (χ1n) is 27.6. The smallest absolute Gasteiger partial charge is 0.407 e. The second-order valence-electron chi connectivity index (χ2n) is 19.4. The summed E-state index contributed by atoms with van der Waals surface area (Å²) >= 11 is 0. The summed E-state index contributed by atoms with van der Waals surface area (Å²) in [6.07, 6.45) is 37.6. The molecule has 0 aliphatic carbocycles. The van der Waals surface area contributed by atoms with Crippen molar-refractivity contribution in [2.75, 3.05) is 26.3 Å². The van der Waals surface area contributed by atoms with E-state index in [9.17, 15) is 30.3 Å². The van der Waals surface area contributed by atoms with Gasteiger partial charge >= 0.3 is 6.09 Å². The highest BCUT2D eigenvalue weighted by Crippen LogP contribution is 2.24. The molecule has 1 rings (SSSR count). The minimum Gasteiger partial charge on any atom is -0.447 e. The number of nitrogens with one attached hydrogen (secondary N) is 2. The molecular formula is C53H106N2O9. The fourth-order valence-corrected chi connectivity index (χ4v) is 9.03. The molecule has 0 bridgehead atoms. The van der Waals surface area contributed by atoms with Crippen molar-refractivity contribution in [3.8, 4) is 0 Å². The Morgan fingerprint density at radius 1 is 0.516 bits per heavy atom. The van der Waals surface area contributed by atoms with Crippen molar-refractivity contribution in [1.82, 2.24) is 10.6 Å². The number of aliphatic hydroxyl groups is 5. The molecule has 0 aromatic carbocycles. The van der Waals surface area contributed by atoms with E-state index in [4.69, 9.17) is 14.2 Å². The Morgan fingerprint density at radius 3 is 1.28 bits per heavy atom. The summed E-state index contributed by atoms with van der Waals surface area (Å²) in [5, 5.41) is 60.0. The molecule has 0 spiro atoms. The molecule has 7 N–H and O–H groups in total. The lowest BCUT2D eigenvalue weighted by molar-refractivity contribution is -0.303. The van der Waals surface area contributed by atoms with Crippen molar-refractivity contribution in [3.63, 3.8) is 0 Å². The number of unbranched alkanes of at least 4 members (excludes halogenated alkanes) is 34. The maximum Gasteiger partial charge on any atom is 0.407 e. The monoisotopic (exact) mass is 915 g/mol. The quantitative estimate of drug-likeness (QED) is 0.0292. The van der Waals surface area contributed by atoms with Gasteiger partial charge in [0, 0.05) is 6.54 Å². The molecule has 1 saturated heterocycles. The maximum atomic E-state index is 11.8. The highest BCUT2D eigenvalue weighted by Gasteiger charge is 2.45. The van der Waals surface area contributed by atoms with E-state index >= 15 is 0 Å². The molecule has 0 aromatic heterocycles. The van der Waals surface area contributed by atoms with Crippen molar-refractivity contribution >= 4 is 6.09 Å². The molecule has 1 fully saturated rings. The fraction of sp³-hybridized carbons (Fsp3) is 0.981. The molecule has 0 aromatic rings. The molecular weight excluding hydrogens is 809 g/mol. The van der Waals surface area contributed by atoms with Crippen LogP contribution in [0, 0.1) is 0 Å². The van der Waals surface area contributed by atoms with E-state index in [-0.39, 0.29) is 13.2 Å². The van der Waals surface area contributed by atoms with Gasteiger partial charge in [0.15, 0.2) is 6.29 Å². The molecule has 11 nitrogen and oxygen atoms in total. The number of aliphatic hydroxyl groups excluding tert-OH is 5. The third-order valence-corrected chi connectivity index (χ3v) is 13.4. The van der Waals surface area contributed by atoms with Crippen LogP contribution < -0.4 is 10.6 Å². The van der Waals surface area contributed by atoms with Crippen LogP contribution in [0.2, 0.25) is 0 Å². The third-order valence-electron chi connectivity index (χ3n) is 13.4. The van der Waals surface area contributed by atoms with E-state index in [1.165, 1.54) is 193 Å². The van der Waals surface area contributed by atoms with Gasteiger partial charge < -0.3 is 50.4 Å². The summed E-state index contributed by atoms with van der Waals surface area (Å²) < 4.78 is 16.8. The van der Waals surface area contributed by atoms with Crippen LogP contribution in [0.5, 0.6) is 0 Å². The molecule has 1 heterocycles. The standard InChI is InChI=1S/C53H106N2O9/c1-4-7-9-11-13-15-17-19-20-21-22-23-24-25-26-27-28-29-30-32-34-36-38-40-42-55-45(48(57)46(56)41-39-37-35-33-31-18-16-14-12-10-8-5-2)43-62-52-51(60)50(59)49(58)47(64-52)44-63-53(61)54-6-3/h45-52,55-60H,4-44H2,1-3H3,(H,54,61)/t45?,46?,47-,48?,49+,50+,51-,52+/m1/s1. The normalized spacial score (nSPS) is 20.3. The molecule has 64 heavy (non-hydrogen) atoms. The highest BCUT2D eigenvalue weighted by atomic mass is 16.7. The Balaban J connectivity index is 2.34. The molecule has 0 radical (unpaired) electrons. The van der Waals surface area contributed by atoms with E-state index in [2.05, 4.69) is 24.5 Å². The Kier molecular flexibility index (Phi) is 42.3. The number of rotatable bonds is 47. The first kappa shape index (κ1) is 61.0. The molecule has 1 aliphatic heterocycles. The van der Waals surface area contributed by atoms with Gasteiger partial charge in [-0.3, -0.25) is 0 Å². The van der Waals surface area contributed by atoms with Crippen LogP contribution >= 0.6 is 0 Å². The van der Waals surface area contributed by atoms with Crippen LogP contribution in [0.3, 0.4) is 0 Å². The minimum absolute atomic E-state index is 0.107. The average Bonchev–Trinajstić information content (AvgIpc) is 3.29. The van der Waals surface area contributed by atoms with Gasteiger partial charge in [0.25, 0.3) is 0 Å². The number of carbonyl (C=O) groups excluding carboxylic acids is 1. The molecule has 11 heteroatoms. The number of hydrogen-bond acceptors (Lipinski definition) is 10. The number of ether oxygens (including phenoxy) is 3. The topological polar surface area (TPSA) is 170 Å². The number of alkyl carbamates (subject to hydrolysis) is 1. The van der Waals surface area contributed by atoms with Gasteiger partial charge in [-0.25, -0.2) is 4.79 Å². The van der Waals surface area contributed by atoms with Crippen LogP contribution in [0.4, 0.5) is 4.79 Å². The van der Waals surface area contributed by atoms with Crippen LogP contribution in [0.1, 0.15) is 258 Å². The lowest BCUT2D eigenvalue weighted by Crippen LogP contribution is -2.60. The molecule has 1 amide bonds. The number of carbonyl (C=O) groups is 1. The largest absolute Gasteiger partial charge is 0.447 e.